The Kier molecular flexibility index (Phi) is 9.01. The number of para-hydroxylation sites is 2. The molecule has 0 radical (unpaired) electrons. The minimum atomic E-state index is -0.618. The van der Waals surface area contributed by atoms with E-state index in [1.807, 2.05) is 25.1 Å². The molecule has 7 heteroatoms. The molecule has 0 atom stereocenters. The summed E-state index contributed by atoms with van der Waals surface area (Å²) in [6, 6.07) is 14.3. The van der Waals surface area contributed by atoms with Crippen LogP contribution in [0.3, 0.4) is 0 Å². The van der Waals surface area contributed by atoms with Gasteiger partial charge in [-0.3, -0.25) is 14.9 Å². The molecule has 2 aromatic rings. The van der Waals surface area contributed by atoms with Crippen LogP contribution in [0, 0.1) is 6.92 Å². The van der Waals surface area contributed by atoms with Crippen LogP contribution in [0.15, 0.2) is 60.7 Å². The van der Waals surface area contributed by atoms with Crippen LogP contribution in [0.1, 0.15) is 49.5 Å². The van der Waals surface area contributed by atoms with Gasteiger partial charge in [-0.05, 0) is 58.4 Å². The molecule has 3 N–H and O–H groups in total. The zero-order valence-electron chi connectivity index (χ0n) is 19.0. The lowest BCUT2D eigenvalue weighted by Crippen LogP contribution is -2.27. The highest BCUT2D eigenvalue weighted by molar-refractivity contribution is 5.98. The molecule has 0 aromatic heterocycles. The van der Waals surface area contributed by atoms with Crippen LogP contribution in [-0.4, -0.2) is 30.1 Å². The molecular formula is C25H31N3O4. The fourth-order valence-electron chi connectivity index (χ4n) is 2.70. The van der Waals surface area contributed by atoms with Gasteiger partial charge in [-0.15, -0.1) is 0 Å². The van der Waals surface area contributed by atoms with Crippen molar-refractivity contribution in [3.63, 3.8) is 0 Å². The molecule has 3 amide bonds. The summed E-state index contributed by atoms with van der Waals surface area (Å²) in [5.74, 6) is -0.339. The van der Waals surface area contributed by atoms with E-state index in [0.717, 1.165) is 5.56 Å². The molecule has 0 aliphatic carbocycles. The van der Waals surface area contributed by atoms with E-state index in [-0.39, 0.29) is 18.2 Å². The molecule has 2 aromatic carbocycles. The van der Waals surface area contributed by atoms with Crippen molar-refractivity contribution in [2.45, 2.75) is 46.1 Å². The molecule has 170 valence electrons. The molecule has 0 fully saturated rings. The van der Waals surface area contributed by atoms with Gasteiger partial charge in [-0.2, -0.15) is 0 Å². The van der Waals surface area contributed by atoms with Gasteiger partial charge < -0.3 is 15.4 Å². The number of ether oxygens (including phenoxy) is 1. The highest BCUT2D eigenvalue weighted by atomic mass is 16.6. The summed E-state index contributed by atoms with van der Waals surface area (Å²) >= 11 is 0. The van der Waals surface area contributed by atoms with Crippen LogP contribution in [0.4, 0.5) is 16.2 Å². The summed E-state index contributed by atoms with van der Waals surface area (Å²) in [4.78, 5) is 36.3. The van der Waals surface area contributed by atoms with Gasteiger partial charge in [0.15, 0.2) is 0 Å². The van der Waals surface area contributed by atoms with Crippen molar-refractivity contribution in [1.29, 1.82) is 0 Å². The van der Waals surface area contributed by atoms with Crippen LogP contribution in [-0.2, 0) is 9.53 Å². The maximum atomic E-state index is 12.3. The standard InChI is InChI=1S/C25H31N3O4/c1-18-13-15-19(16-14-18)23(30)26-17-9-5-6-12-22(29)27-20-10-7-8-11-21(20)28-24(31)32-25(2,3)4/h5-8,10-11,13-16H,9,12,17H2,1-4H3,(H,26,30)(H,27,29)(H,28,31)/b6-5+. The number of carbonyl (C=O) groups is 3. The van der Waals surface area contributed by atoms with Crippen LogP contribution < -0.4 is 16.0 Å². The second-order valence-corrected chi connectivity index (χ2v) is 8.31. The number of hydrogen-bond donors (Lipinski definition) is 3. The lowest BCUT2D eigenvalue weighted by Gasteiger charge is -2.20. The first-order valence-corrected chi connectivity index (χ1v) is 10.5. The number of benzene rings is 2. The maximum absolute atomic E-state index is 12.3. The fourth-order valence-corrected chi connectivity index (χ4v) is 2.70. The summed E-state index contributed by atoms with van der Waals surface area (Å²) in [5, 5.41) is 8.28. The van der Waals surface area contributed by atoms with Crippen molar-refractivity contribution in [1.82, 2.24) is 5.32 Å². The number of anilines is 2. The smallest absolute Gasteiger partial charge is 0.412 e. The fraction of sp³-hybridized carbons (Fsp3) is 0.320. The Labute approximate surface area is 189 Å². The largest absolute Gasteiger partial charge is 0.444 e. The molecule has 0 aliphatic rings. The molecular weight excluding hydrogens is 406 g/mol. The normalized spacial score (nSPS) is 11.1. The van der Waals surface area contributed by atoms with Crippen LogP contribution >= 0.6 is 0 Å². The molecule has 0 saturated carbocycles. The minimum absolute atomic E-state index is 0.120. The molecule has 0 bridgehead atoms. The summed E-state index contributed by atoms with van der Waals surface area (Å²) in [7, 11) is 0. The van der Waals surface area contributed by atoms with E-state index in [1.165, 1.54) is 0 Å². The number of hydrogen-bond acceptors (Lipinski definition) is 4. The third-order valence-corrected chi connectivity index (χ3v) is 4.22. The van der Waals surface area contributed by atoms with E-state index in [9.17, 15) is 14.4 Å². The van der Waals surface area contributed by atoms with Crippen molar-refractivity contribution in [2.24, 2.45) is 0 Å². The first-order valence-electron chi connectivity index (χ1n) is 10.5. The summed E-state index contributed by atoms with van der Waals surface area (Å²) in [5.41, 5.74) is 2.05. The zero-order chi connectivity index (χ0) is 23.6. The lowest BCUT2D eigenvalue weighted by molar-refractivity contribution is -0.115. The highest BCUT2D eigenvalue weighted by Gasteiger charge is 2.17. The number of aryl methyl sites for hydroxylation is 1. The van der Waals surface area contributed by atoms with Gasteiger partial charge in [0.25, 0.3) is 5.91 Å². The minimum Gasteiger partial charge on any atom is -0.444 e. The molecule has 0 aliphatic heterocycles. The Balaban J connectivity index is 1.76. The van der Waals surface area contributed by atoms with Gasteiger partial charge in [0.2, 0.25) is 5.91 Å². The van der Waals surface area contributed by atoms with Gasteiger partial charge in [0.1, 0.15) is 5.60 Å². The van der Waals surface area contributed by atoms with Gasteiger partial charge >= 0.3 is 6.09 Å². The lowest BCUT2D eigenvalue weighted by atomic mass is 10.1. The van der Waals surface area contributed by atoms with E-state index < -0.39 is 11.7 Å². The number of amides is 3. The molecule has 0 saturated heterocycles. The predicted octanol–water partition coefficient (Wildman–Crippen LogP) is 5.05. The van der Waals surface area contributed by atoms with Crippen molar-refractivity contribution < 1.29 is 19.1 Å². The Bertz CT molecular complexity index is 960. The number of rotatable bonds is 8. The quantitative estimate of drug-likeness (QED) is 0.398. The SMILES string of the molecule is Cc1ccc(C(=O)NCC/C=C/CC(=O)Nc2ccccc2NC(=O)OC(C)(C)C)cc1. The van der Waals surface area contributed by atoms with E-state index >= 15 is 0 Å². The van der Waals surface area contributed by atoms with E-state index in [1.54, 1.807) is 63.2 Å². The third-order valence-electron chi connectivity index (χ3n) is 4.22. The molecule has 0 heterocycles. The Hall–Kier alpha value is -3.61. The summed E-state index contributed by atoms with van der Waals surface area (Å²) in [6.45, 7) is 7.79. The average molecular weight is 438 g/mol. The first kappa shape index (κ1) is 24.7. The highest BCUT2D eigenvalue weighted by Crippen LogP contribution is 2.22. The van der Waals surface area contributed by atoms with Gasteiger partial charge in [0, 0.05) is 18.5 Å². The van der Waals surface area contributed by atoms with Gasteiger partial charge in [0.05, 0.1) is 11.4 Å². The van der Waals surface area contributed by atoms with Crippen molar-refractivity contribution in [3.8, 4) is 0 Å². The first-order chi connectivity index (χ1) is 15.1. The van der Waals surface area contributed by atoms with E-state index in [4.69, 9.17) is 4.74 Å². The van der Waals surface area contributed by atoms with Gasteiger partial charge in [-0.25, -0.2) is 4.79 Å². The van der Waals surface area contributed by atoms with E-state index in [2.05, 4.69) is 16.0 Å². The molecule has 32 heavy (non-hydrogen) atoms. The second kappa shape index (κ2) is 11.7. The van der Waals surface area contributed by atoms with Crippen molar-refractivity contribution >= 4 is 29.3 Å². The number of nitrogens with one attached hydrogen (secondary N) is 3. The summed E-state index contributed by atoms with van der Waals surface area (Å²) < 4.78 is 5.25. The van der Waals surface area contributed by atoms with E-state index in [0.29, 0.717) is 29.9 Å². The maximum Gasteiger partial charge on any atom is 0.412 e. The van der Waals surface area contributed by atoms with Gasteiger partial charge in [-0.1, -0.05) is 42.0 Å². The monoisotopic (exact) mass is 437 g/mol. The topological polar surface area (TPSA) is 96.5 Å². The molecule has 0 spiro atoms. The third kappa shape index (κ3) is 9.04. The Morgan fingerprint density at radius 2 is 1.53 bits per heavy atom. The molecule has 2 rings (SSSR count). The molecule has 7 nitrogen and oxygen atoms in total. The van der Waals surface area contributed by atoms with Crippen molar-refractivity contribution in [2.75, 3.05) is 17.2 Å². The Morgan fingerprint density at radius 1 is 0.906 bits per heavy atom. The van der Waals surface area contributed by atoms with Crippen LogP contribution in [0.5, 0.6) is 0 Å². The average Bonchev–Trinajstić information content (AvgIpc) is 2.71. The Morgan fingerprint density at radius 3 is 2.16 bits per heavy atom. The predicted molar refractivity (Wildman–Crippen MR) is 127 cm³/mol. The van der Waals surface area contributed by atoms with Crippen LogP contribution in [0.25, 0.3) is 0 Å². The number of carbonyl (C=O) groups excluding carboxylic acids is 3. The van der Waals surface area contributed by atoms with Crippen LogP contribution in [0.2, 0.25) is 0 Å². The van der Waals surface area contributed by atoms with Crippen molar-refractivity contribution in [3.05, 3.63) is 71.8 Å². The summed E-state index contributed by atoms with van der Waals surface area (Å²) in [6.07, 6.45) is 3.79. The molecule has 0 unspecified atom stereocenters. The zero-order valence-corrected chi connectivity index (χ0v) is 19.0. The second-order valence-electron chi connectivity index (χ2n) is 8.31.